The van der Waals surface area contributed by atoms with E-state index in [1.165, 1.54) is 16.7 Å². The summed E-state index contributed by atoms with van der Waals surface area (Å²) in [7, 11) is 0. The van der Waals surface area contributed by atoms with Crippen LogP contribution in [-0.2, 0) is 16.6 Å². The van der Waals surface area contributed by atoms with E-state index in [0.717, 1.165) is 24.0 Å². The molecule has 0 aromatic heterocycles. The average molecular weight is 387 g/mol. The third-order valence-corrected chi connectivity index (χ3v) is 5.68. The molecular weight excluding hydrogens is 356 g/mol. The topological polar surface area (TPSA) is 26.3 Å². The van der Waals surface area contributed by atoms with Gasteiger partial charge in [-0.3, -0.25) is 4.79 Å². The number of benzene rings is 3. The number of carbonyl (C=O) groups excluding carboxylic acids is 1. The molecule has 0 saturated heterocycles. The zero-order chi connectivity index (χ0) is 20.9. The molecule has 3 aromatic rings. The lowest BCUT2D eigenvalue weighted by atomic mass is 9.75. The van der Waals surface area contributed by atoms with Crippen LogP contribution in [0.25, 0.3) is 0 Å². The van der Waals surface area contributed by atoms with Crippen molar-refractivity contribution in [1.82, 2.24) is 0 Å². The van der Waals surface area contributed by atoms with Crippen molar-refractivity contribution in [3.05, 3.63) is 101 Å². The van der Waals surface area contributed by atoms with Gasteiger partial charge in [0.2, 0.25) is 0 Å². The van der Waals surface area contributed by atoms with Gasteiger partial charge in [-0.15, -0.1) is 0 Å². The van der Waals surface area contributed by atoms with Gasteiger partial charge in [0.15, 0.2) is 0 Å². The molecule has 0 aliphatic heterocycles. The smallest absolute Gasteiger partial charge is 0.312 e. The summed E-state index contributed by atoms with van der Waals surface area (Å²) in [6, 6.07) is 24.9. The van der Waals surface area contributed by atoms with E-state index in [0.29, 0.717) is 12.2 Å². The number of hydrogen-bond acceptors (Lipinski definition) is 2. The fourth-order valence-corrected chi connectivity index (χ4v) is 3.85. The van der Waals surface area contributed by atoms with Gasteiger partial charge in [0.25, 0.3) is 0 Å². The maximum atomic E-state index is 13.0. The minimum Gasteiger partial charge on any atom is -0.426 e. The summed E-state index contributed by atoms with van der Waals surface area (Å²) in [5, 5.41) is 0. The Bertz CT molecular complexity index is 955. The zero-order valence-corrected chi connectivity index (χ0v) is 17.9. The second kappa shape index (κ2) is 9.09. The largest absolute Gasteiger partial charge is 0.426 e. The molecule has 3 rings (SSSR count). The van der Waals surface area contributed by atoms with E-state index in [2.05, 4.69) is 62.4 Å². The highest BCUT2D eigenvalue weighted by molar-refractivity contribution is 5.75. The molecule has 0 saturated carbocycles. The van der Waals surface area contributed by atoms with E-state index >= 15 is 0 Å². The molecule has 0 spiro atoms. The van der Waals surface area contributed by atoms with E-state index in [1.54, 1.807) is 0 Å². The molecule has 150 valence electrons. The number of rotatable bonds is 7. The molecule has 0 fully saturated rings. The Morgan fingerprint density at radius 3 is 2.17 bits per heavy atom. The molecule has 0 amide bonds. The summed E-state index contributed by atoms with van der Waals surface area (Å²) in [4.78, 5) is 13.0. The molecule has 0 aliphatic rings. The molecule has 0 heterocycles. The Labute approximate surface area is 174 Å². The zero-order valence-electron chi connectivity index (χ0n) is 17.9. The fourth-order valence-electron chi connectivity index (χ4n) is 3.85. The molecule has 0 radical (unpaired) electrons. The first-order valence-corrected chi connectivity index (χ1v) is 10.3. The summed E-state index contributed by atoms with van der Waals surface area (Å²) >= 11 is 0. The number of esters is 1. The van der Waals surface area contributed by atoms with Crippen molar-refractivity contribution >= 4 is 5.97 Å². The van der Waals surface area contributed by atoms with Gasteiger partial charge in [0.05, 0.1) is 6.42 Å². The van der Waals surface area contributed by atoms with Gasteiger partial charge in [-0.25, -0.2) is 0 Å². The predicted octanol–water partition coefficient (Wildman–Crippen LogP) is 6.50. The monoisotopic (exact) mass is 386 g/mol. The maximum absolute atomic E-state index is 13.0. The number of ether oxygens (including phenoxy) is 1. The summed E-state index contributed by atoms with van der Waals surface area (Å²) in [5.74, 6) is 0.506. The molecule has 1 atom stereocenters. The number of aryl methyl sites for hydroxylation is 4. The van der Waals surface area contributed by atoms with Crippen molar-refractivity contribution < 1.29 is 9.53 Å². The third-order valence-electron chi connectivity index (χ3n) is 5.68. The maximum Gasteiger partial charge on any atom is 0.312 e. The van der Waals surface area contributed by atoms with Crippen LogP contribution in [0.5, 0.6) is 5.75 Å². The predicted molar refractivity (Wildman–Crippen MR) is 119 cm³/mol. The lowest BCUT2D eigenvalue weighted by molar-refractivity contribution is -0.135. The van der Waals surface area contributed by atoms with Crippen LogP contribution in [0, 0.1) is 20.8 Å². The lowest BCUT2D eigenvalue weighted by Crippen LogP contribution is -2.29. The van der Waals surface area contributed by atoms with Gasteiger partial charge in [-0.2, -0.15) is 0 Å². The molecule has 0 unspecified atom stereocenters. The van der Waals surface area contributed by atoms with Crippen LogP contribution < -0.4 is 4.74 Å². The summed E-state index contributed by atoms with van der Waals surface area (Å²) in [6.45, 7) is 8.22. The Morgan fingerprint density at radius 1 is 0.862 bits per heavy atom. The van der Waals surface area contributed by atoms with Gasteiger partial charge in [-0.05, 0) is 55.9 Å². The highest BCUT2D eigenvalue weighted by Crippen LogP contribution is 2.34. The van der Waals surface area contributed by atoms with Crippen LogP contribution in [0.3, 0.4) is 0 Å². The summed E-state index contributed by atoms with van der Waals surface area (Å²) in [6.07, 6.45) is 2.14. The summed E-state index contributed by atoms with van der Waals surface area (Å²) in [5.41, 5.74) is 5.35. The Kier molecular flexibility index (Phi) is 6.53. The van der Waals surface area contributed by atoms with E-state index in [1.807, 2.05) is 38.1 Å². The number of hydrogen-bond donors (Lipinski definition) is 0. The van der Waals surface area contributed by atoms with Gasteiger partial charge >= 0.3 is 5.97 Å². The van der Waals surface area contributed by atoms with Gasteiger partial charge in [0, 0.05) is 5.41 Å². The van der Waals surface area contributed by atoms with Crippen molar-refractivity contribution in [3.63, 3.8) is 0 Å². The van der Waals surface area contributed by atoms with E-state index in [4.69, 9.17) is 4.74 Å². The van der Waals surface area contributed by atoms with Gasteiger partial charge in [0.1, 0.15) is 5.75 Å². The van der Waals surface area contributed by atoms with E-state index in [-0.39, 0.29) is 11.4 Å². The first-order chi connectivity index (χ1) is 13.9. The molecule has 3 aromatic carbocycles. The molecule has 29 heavy (non-hydrogen) atoms. The van der Waals surface area contributed by atoms with E-state index < -0.39 is 0 Å². The lowest BCUT2D eigenvalue weighted by Gasteiger charge is -2.30. The highest BCUT2D eigenvalue weighted by Gasteiger charge is 2.31. The van der Waals surface area contributed by atoms with Crippen molar-refractivity contribution in [2.75, 3.05) is 0 Å². The molecule has 0 N–H and O–H groups in total. The first-order valence-electron chi connectivity index (χ1n) is 10.3. The molecule has 0 aliphatic carbocycles. The molecular formula is C27H30O2. The standard InChI is InChI=1S/C27H30O2/c1-20-10-8-15-24(18-20)27(4,17-16-23-13-6-5-7-14-23)19-25(28)29-26-21(2)11-9-12-22(26)3/h5-15,18H,16-17,19H2,1-4H3/t27-/m0/s1. The van der Waals surface area contributed by atoms with Crippen molar-refractivity contribution in [2.24, 2.45) is 0 Å². The second-order valence-corrected chi connectivity index (χ2v) is 8.29. The molecule has 0 bridgehead atoms. The second-order valence-electron chi connectivity index (χ2n) is 8.29. The Balaban J connectivity index is 1.83. The van der Waals surface area contributed by atoms with Gasteiger partial charge in [-0.1, -0.05) is 85.3 Å². The SMILES string of the molecule is Cc1cccc([C@@](C)(CCc2ccccc2)CC(=O)Oc2c(C)cccc2C)c1. The van der Waals surface area contributed by atoms with Crippen molar-refractivity contribution in [2.45, 2.75) is 52.4 Å². The summed E-state index contributed by atoms with van der Waals surface area (Å²) < 4.78 is 5.84. The van der Waals surface area contributed by atoms with Crippen LogP contribution in [-0.4, -0.2) is 5.97 Å². The quantitative estimate of drug-likeness (QED) is 0.342. The normalized spacial score (nSPS) is 13.0. The van der Waals surface area contributed by atoms with E-state index in [9.17, 15) is 4.79 Å². The van der Waals surface area contributed by atoms with Crippen LogP contribution in [0.15, 0.2) is 72.8 Å². The van der Waals surface area contributed by atoms with Gasteiger partial charge < -0.3 is 4.74 Å². The van der Waals surface area contributed by atoms with Crippen LogP contribution in [0.4, 0.5) is 0 Å². The minimum absolute atomic E-state index is 0.181. The van der Waals surface area contributed by atoms with Crippen molar-refractivity contribution in [1.29, 1.82) is 0 Å². The Hall–Kier alpha value is -2.87. The number of para-hydroxylation sites is 1. The first kappa shape index (κ1) is 20.9. The average Bonchev–Trinajstić information content (AvgIpc) is 2.70. The van der Waals surface area contributed by atoms with Crippen molar-refractivity contribution in [3.8, 4) is 5.75 Å². The van der Waals surface area contributed by atoms with Crippen LogP contribution in [0.2, 0.25) is 0 Å². The fraction of sp³-hybridized carbons (Fsp3) is 0.296. The van der Waals surface area contributed by atoms with Crippen LogP contribution >= 0.6 is 0 Å². The van der Waals surface area contributed by atoms with Crippen LogP contribution in [0.1, 0.15) is 47.6 Å². The Morgan fingerprint density at radius 2 is 1.52 bits per heavy atom. The minimum atomic E-state index is -0.296. The molecule has 2 nitrogen and oxygen atoms in total. The number of carbonyl (C=O) groups is 1. The molecule has 2 heteroatoms. The highest BCUT2D eigenvalue weighted by atomic mass is 16.5. The third kappa shape index (κ3) is 5.35.